The Bertz CT molecular complexity index is 449. The van der Waals surface area contributed by atoms with Crippen LogP contribution in [0.1, 0.15) is 12.5 Å². The highest BCUT2D eigenvalue weighted by Crippen LogP contribution is 2.65. The van der Waals surface area contributed by atoms with Crippen molar-refractivity contribution in [2.24, 2.45) is 0 Å². The maximum absolute atomic E-state index is 12.9. The van der Waals surface area contributed by atoms with E-state index in [0.717, 1.165) is 5.56 Å². The predicted octanol–water partition coefficient (Wildman–Crippen LogP) is 4.20. The molecule has 0 saturated carbocycles. The molecule has 1 unspecified atom stereocenters. The average molecular weight is 302 g/mol. The Morgan fingerprint density at radius 2 is 1.53 bits per heavy atom. The number of benzene rings is 1. The van der Waals surface area contributed by atoms with E-state index in [1.807, 2.05) is 50.0 Å². The van der Waals surface area contributed by atoms with Gasteiger partial charge in [-0.05, 0) is 32.1 Å². The molecule has 0 aromatic heterocycles. The molecule has 0 radical (unpaired) electrons. The number of rotatable bonds is 6. The van der Waals surface area contributed by atoms with Gasteiger partial charge in [0.05, 0.1) is 0 Å². The zero-order valence-electron chi connectivity index (χ0n) is 12.5. The Morgan fingerprint density at radius 3 is 1.89 bits per heavy atom. The highest BCUT2D eigenvalue weighted by Gasteiger charge is 2.51. The Balaban J connectivity index is 3.38. The fourth-order valence-corrected chi connectivity index (χ4v) is 5.93. The summed E-state index contributed by atoms with van der Waals surface area (Å²) in [6, 6.07) is 9.44. The first-order valence-corrected chi connectivity index (χ1v) is 11.1. The molecular weight excluding hydrogens is 279 g/mol. The molecule has 6 heteroatoms. The topological polar surface area (TPSA) is 44.8 Å². The lowest BCUT2D eigenvalue weighted by Gasteiger charge is -2.39. The van der Waals surface area contributed by atoms with Crippen molar-refractivity contribution in [1.29, 1.82) is 0 Å². The number of hydrogen-bond acceptors (Lipinski definition) is 4. The van der Waals surface area contributed by atoms with Crippen molar-refractivity contribution >= 4 is 15.9 Å². The number of hydrogen-bond donors (Lipinski definition) is 0. The van der Waals surface area contributed by atoms with Gasteiger partial charge in [0.1, 0.15) is 0 Å². The van der Waals surface area contributed by atoms with Crippen molar-refractivity contribution in [3.8, 4) is 0 Å². The summed E-state index contributed by atoms with van der Waals surface area (Å²) >= 11 is 0. The summed E-state index contributed by atoms with van der Waals surface area (Å²) < 4.78 is 29.5. The molecular formula is C13H23O4PSi. The Hall–Kier alpha value is -0.453. The van der Waals surface area contributed by atoms with E-state index in [9.17, 15) is 4.57 Å². The normalized spacial score (nSPS) is 16.1. The SMILES string of the molecule is COP(=O)(OC)C(C)(O[Si](C)(C)C)c1ccccc1. The van der Waals surface area contributed by atoms with Crippen molar-refractivity contribution in [2.75, 3.05) is 14.2 Å². The first-order valence-electron chi connectivity index (χ1n) is 6.16. The second-order valence-corrected chi connectivity index (χ2v) is 12.4. The second-order valence-electron chi connectivity index (χ2n) is 5.43. The molecule has 0 heterocycles. The Kier molecular flexibility index (Phi) is 5.15. The van der Waals surface area contributed by atoms with E-state index in [2.05, 4.69) is 0 Å². The zero-order valence-corrected chi connectivity index (χ0v) is 14.4. The lowest BCUT2D eigenvalue weighted by atomic mass is 10.1. The standard InChI is InChI=1S/C13H23O4PSi/c1-13(17-19(4,5)6,18(14,15-2)16-3)12-10-8-7-9-11-12/h7-11H,1-6H3. The summed E-state index contributed by atoms with van der Waals surface area (Å²) in [5.74, 6) is 0. The molecule has 0 bridgehead atoms. The fraction of sp³-hybridized carbons (Fsp3) is 0.538. The van der Waals surface area contributed by atoms with Crippen LogP contribution in [0.15, 0.2) is 30.3 Å². The Morgan fingerprint density at radius 1 is 1.05 bits per heavy atom. The lowest BCUT2D eigenvalue weighted by Crippen LogP contribution is -2.39. The largest absolute Gasteiger partial charge is 0.398 e. The summed E-state index contributed by atoms with van der Waals surface area (Å²) in [4.78, 5) is 0. The third-order valence-electron chi connectivity index (χ3n) is 2.82. The highest BCUT2D eigenvalue weighted by atomic mass is 31.2. The van der Waals surface area contributed by atoms with Gasteiger partial charge in [-0.25, -0.2) is 0 Å². The van der Waals surface area contributed by atoms with E-state index < -0.39 is 21.3 Å². The van der Waals surface area contributed by atoms with Crippen LogP contribution < -0.4 is 0 Å². The molecule has 0 fully saturated rings. The minimum Gasteiger partial charge on any atom is -0.398 e. The van der Waals surface area contributed by atoms with Crippen LogP contribution in [-0.4, -0.2) is 22.5 Å². The van der Waals surface area contributed by atoms with Crippen molar-refractivity contribution in [3.05, 3.63) is 35.9 Å². The molecule has 0 saturated heterocycles. The van der Waals surface area contributed by atoms with Gasteiger partial charge in [-0.1, -0.05) is 30.3 Å². The third-order valence-corrected chi connectivity index (χ3v) is 6.37. The smallest absolute Gasteiger partial charge is 0.364 e. The average Bonchev–Trinajstić information content (AvgIpc) is 2.36. The van der Waals surface area contributed by atoms with Gasteiger partial charge >= 0.3 is 7.60 Å². The lowest BCUT2D eigenvalue weighted by molar-refractivity contribution is 0.109. The van der Waals surface area contributed by atoms with Crippen molar-refractivity contribution in [3.63, 3.8) is 0 Å². The molecule has 0 spiro atoms. The van der Waals surface area contributed by atoms with Gasteiger partial charge < -0.3 is 13.5 Å². The molecule has 0 aliphatic carbocycles. The molecule has 0 aliphatic heterocycles. The van der Waals surface area contributed by atoms with Gasteiger partial charge in [0.2, 0.25) is 0 Å². The van der Waals surface area contributed by atoms with E-state index >= 15 is 0 Å². The third kappa shape index (κ3) is 3.55. The summed E-state index contributed by atoms with van der Waals surface area (Å²) in [7, 11) is -2.58. The zero-order chi connectivity index (χ0) is 14.7. The predicted molar refractivity (Wildman–Crippen MR) is 79.8 cm³/mol. The minimum absolute atomic E-state index is 0.796. The van der Waals surface area contributed by atoms with Gasteiger partial charge in [-0.3, -0.25) is 4.57 Å². The summed E-state index contributed by atoms with van der Waals surface area (Å²) in [5.41, 5.74) is 0.796. The van der Waals surface area contributed by atoms with E-state index in [1.54, 1.807) is 6.92 Å². The van der Waals surface area contributed by atoms with Crippen LogP contribution in [0.5, 0.6) is 0 Å². The van der Waals surface area contributed by atoms with Crippen LogP contribution in [0.25, 0.3) is 0 Å². The van der Waals surface area contributed by atoms with Gasteiger partial charge in [-0.15, -0.1) is 0 Å². The van der Waals surface area contributed by atoms with Gasteiger partial charge in [0, 0.05) is 14.2 Å². The van der Waals surface area contributed by atoms with Crippen LogP contribution in [0.2, 0.25) is 19.6 Å². The van der Waals surface area contributed by atoms with Gasteiger partial charge in [0.15, 0.2) is 13.7 Å². The van der Waals surface area contributed by atoms with Crippen LogP contribution in [-0.2, 0) is 23.4 Å². The first kappa shape index (κ1) is 16.6. The fourth-order valence-electron chi connectivity index (χ4n) is 2.04. The first-order chi connectivity index (χ1) is 8.68. The second kappa shape index (κ2) is 5.90. The molecule has 0 amide bonds. The summed E-state index contributed by atoms with van der Waals surface area (Å²) in [6.45, 7) is 7.91. The van der Waals surface area contributed by atoms with Crippen LogP contribution in [0, 0.1) is 0 Å². The monoisotopic (exact) mass is 302 g/mol. The van der Waals surface area contributed by atoms with E-state index in [4.69, 9.17) is 13.5 Å². The molecule has 1 rings (SSSR count). The molecule has 0 aliphatic rings. The summed E-state index contributed by atoms with van der Waals surface area (Å²) in [5, 5.41) is -1.10. The van der Waals surface area contributed by atoms with E-state index in [0.29, 0.717) is 0 Å². The molecule has 4 nitrogen and oxygen atoms in total. The maximum atomic E-state index is 12.9. The van der Waals surface area contributed by atoms with Crippen molar-refractivity contribution in [1.82, 2.24) is 0 Å². The van der Waals surface area contributed by atoms with Gasteiger partial charge in [-0.2, -0.15) is 0 Å². The Labute approximate surface area is 116 Å². The van der Waals surface area contributed by atoms with E-state index in [1.165, 1.54) is 14.2 Å². The quantitative estimate of drug-likeness (QED) is 0.583. The molecule has 1 aromatic carbocycles. The van der Waals surface area contributed by atoms with Crippen LogP contribution >= 0.6 is 7.60 Å². The van der Waals surface area contributed by atoms with Crippen molar-refractivity contribution in [2.45, 2.75) is 31.9 Å². The minimum atomic E-state index is -3.41. The molecule has 1 atom stereocenters. The summed E-state index contributed by atoms with van der Waals surface area (Å²) in [6.07, 6.45) is 0. The molecule has 108 valence electrons. The van der Waals surface area contributed by atoms with E-state index in [-0.39, 0.29) is 0 Å². The maximum Gasteiger partial charge on any atom is 0.364 e. The molecule has 1 aromatic rings. The molecule has 19 heavy (non-hydrogen) atoms. The van der Waals surface area contributed by atoms with Crippen LogP contribution in [0.4, 0.5) is 0 Å². The van der Waals surface area contributed by atoms with Crippen molar-refractivity contribution < 1.29 is 18.0 Å². The highest BCUT2D eigenvalue weighted by molar-refractivity contribution is 7.55. The van der Waals surface area contributed by atoms with Crippen LogP contribution in [0.3, 0.4) is 0 Å². The molecule has 0 N–H and O–H groups in total. The van der Waals surface area contributed by atoms with Gasteiger partial charge in [0.25, 0.3) is 0 Å².